The lowest BCUT2D eigenvalue weighted by Gasteiger charge is -2.37. The van der Waals surface area contributed by atoms with E-state index in [1.54, 1.807) is 7.11 Å². The highest BCUT2D eigenvalue weighted by Gasteiger charge is 2.21. The van der Waals surface area contributed by atoms with Crippen LogP contribution in [0.5, 0.6) is 0 Å². The number of ether oxygens (including phenoxy) is 1. The molecule has 0 atom stereocenters. The molecule has 0 saturated carbocycles. The van der Waals surface area contributed by atoms with Crippen LogP contribution >= 0.6 is 23.8 Å². The topological polar surface area (TPSA) is 77.9 Å². The van der Waals surface area contributed by atoms with E-state index in [2.05, 4.69) is 35.4 Å². The standard InChI is InChI=1S/C21H28ClN7OS/c1-15-14-16(2)25-19(24-15)26-20(27-21(31)23-8-13-30-3)29-11-9-28(10-12-29)18-6-4-17(22)5-7-18/h4-7,14H,8-13H2,1-3H3,(H2,23,24,25,26,27,31). The van der Waals surface area contributed by atoms with Crippen molar-refractivity contribution in [3.8, 4) is 0 Å². The summed E-state index contributed by atoms with van der Waals surface area (Å²) in [6.45, 7) is 8.28. The Morgan fingerprint density at radius 1 is 1.13 bits per heavy atom. The molecule has 3 rings (SSSR count). The zero-order chi connectivity index (χ0) is 22.2. The number of anilines is 2. The number of aliphatic imine (C=N–C) groups is 1. The summed E-state index contributed by atoms with van der Waals surface area (Å²) in [4.78, 5) is 18.1. The second-order valence-corrected chi connectivity index (χ2v) is 8.03. The molecule has 1 aliphatic rings. The first kappa shape index (κ1) is 23.2. The summed E-state index contributed by atoms with van der Waals surface area (Å²) in [6, 6.07) is 9.86. The zero-order valence-electron chi connectivity index (χ0n) is 18.1. The number of benzene rings is 1. The summed E-state index contributed by atoms with van der Waals surface area (Å²) >= 11 is 11.4. The predicted octanol–water partition coefficient (Wildman–Crippen LogP) is 2.86. The largest absolute Gasteiger partial charge is 0.383 e. The van der Waals surface area contributed by atoms with E-state index < -0.39 is 0 Å². The Balaban J connectivity index is 1.72. The summed E-state index contributed by atoms with van der Waals surface area (Å²) in [5.41, 5.74) is 2.94. The highest BCUT2D eigenvalue weighted by Crippen LogP contribution is 2.19. The van der Waals surface area contributed by atoms with Crippen molar-refractivity contribution in [3.05, 3.63) is 46.7 Å². The second kappa shape index (κ2) is 11.2. The van der Waals surface area contributed by atoms with Crippen LogP contribution < -0.4 is 15.5 Å². The third-order valence-electron chi connectivity index (χ3n) is 4.77. The number of rotatable bonds is 5. The van der Waals surface area contributed by atoms with Gasteiger partial charge in [0.1, 0.15) is 0 Å². The minimum absolute atomic E-state index is 0.393. The lowest BCUT2D eigenvalue weighted by Crippen LogP contribution is -2.51. The third-order valence-corrected chi connectivity index (χ3v) is 5.25. The van der Waals surface area contributed by atoms with Crippen LogP contribution in [0.15, 0.2) is 35.3 Å². The van der Waals surface area contributed by atoms with Gasteiger partial charge in [0.2, 0.25) is 11.9 Å². The number of methoxy groups -OCH3 is 1. The van der Waals surface area contributed by atoms with Gasteiger partial charge in [0.15, 0.2) is 5.11 Å². The van der Waals surface area contributed by atoms with E-state index in [-0.39, 0.29) is 0 Å². The van der Waals surface area contributed by atoms with Gasteiger partial charge < -0.3 is 19.9 Å². The molecule has 166 valence electrons. The number of piperazine rings is 1. The minimum Gasteiger partial charge on any atom is -0.383 e. The van der Waals surface area contributed by atoms with Gasteiger partial charge in [0.25, 0.3) is 0 Å². The molecule has 0 amide bonds. The number of hydrogen-bond acceptors (Lipinski definition) is 5. The van der Waals surface area contributed by atoms with Crippen LogP contribution in [-0.2, 0) is 4.74 Å². The number of nitrogens with one attached hydrogen (secondary N) is 2. The van der Waals surface area contributed by atoms with Crippen molar-refractivity contribution < 1.29 is 4.74 Å². The summed E-state index contributed by atoms with van der Waals surface area (Å²) in [5.74, 6) is 1.15. The van der Waals surface area contributed by atoms with Crippen molar-refractivity contribution in [1.29, 1.82) is 0 Å². The lowest BCUT2D eigenvalue weighted by molar-refractivity contribution is 0.204. The van der Waals surface area contributed by atoms with Gasteiger partial charge in [0, 0.05) is 61.9 Å². The molecule has 1 aromatic carbocycles. The van der Waals surface area contributed by atoms with Crippen molar-refractivity contribution in [2.45, 2.75) is 13.8 Å². The van der Waals surface area contributed by atoms with Gasteiger partial charge in [-0.2, -0.15) is 4.99 Å². The molecule has 10 heteroatoms. The third kappa shape index (κ3) is 7.02. The molecular weight excluding hydrogens is 434 g/mol. The Morgan fingerprint density at radius 2 is 1.77 bits per heavy atom. The molecule has 2 N–H and O–H groups in total. The first-order valence-corrected chi connectivity index (χ1v) is 10.9. The Kier molecular flexibility index (Phi) is 8.39. The average Bonchev–Trinajstić information content (AvgIpc) is 2.73. The molecule has 1 aromatic heterocycles. The van der Waals surface area contributed by atoms with E-state index in [1.165, 1.54) is 0 Å². The number of guanidine groups is 1. The van der Waals surface area contributed by atoms with Gasteiger partial charge in [-0.3, -0.25) is 5.32 Å². The molecule has 0 spiro atoms. The van der Waals surface area contributed by atoms with Crippen LogP contribution in [-0.4, -0.2) is 72.4 Å². The van der Waals surface area contributed by atoms with Crippen LogP contribution in [0.1, 0.15) is 11.4 Å². The fraction of sp³-hybridized carbons (Fsp3) is 0.429. The first-order valence-electron chi connectivity index (χ1n) is 10.1. The predicted molar refractivity (Wildman–Crippen MR) is 130 cm³/mol. The Labute approximate surface area is 193 Å². The number of thiocarbonyl (C=S) groups is 1. The highest BCUT2D eigenvalue weighted by molar-refractivity contribution is 7.80. The molecule has 0 aliphatic carbocycles. The molecule has 1 aliphatic heterocycles. The SMILES string of the molecule is COCCNC(=S)/N=C(/Nc1nc(C)cc(C)n1)N1CCN(c2ccc(Cl)cc2)CC1. The van der Waals surface area contributed by atoms with Crippen LogP contribution in [0, 0.1) is 13.8 Å². The first-order chi connectivity index (χ1) is 14.9. The molecule has 1 fully saturated rings. The maximum Gasteiger partial charge on any atom is 0.229 e. The average molecular weight is 462 g/mol. The molecule has 0 unspecified atom stereocenters. The zero-order valence-corrected chi connectivity index (χ0v) is 19.6. The Morgan fingerprint density at radius 3 is 2.39 bits per heavy atom. The molecule has 8 nitrogen and oxygen atoms in total. The van der Waals surface area contributed by atoms with Crippen LogP contribution in [0.2, 0.25) is 5.02 Å². The number of aryl methyl sites for hydroxylation is 2. The summed E-state index contributed by atoms with van der Waals surface area (Å²) in [6.07, 6.45) is 0. The molecule has 31 heavy (non-hydrogen) atoms. The molecule has 0 bridgehead atoms. The Hall–Kier alpha value is -2.49. The van der Waals surface area contributed by atoms with Gasteiger partial charge >= 0.3 is 0 Å². The monoisotopic (exact) mass is 461 g/mol. The molecular formula is C21H28ClN7OS. The molecule has 0 radical (unpaired) electrons. The van der Waals surface area contributed by atoms with Crippen molar-refractivity contribution in [2.24, 2.45) is 4.99 Å². The van der Waals surface area contributed by atoms with Gasteiger partial charge in [-0.1, -0.05) is 11.6 Å². The number of nitrogens with zero attached hydrogens (tertiary/aromatic N) is 5. The summed E-state index contributed by atoms with van der Waals surface area (Å²) in [7, 11) is 1.65. The van der Waals surface area contributed by atoms with Crippen molar-refractivity contribution >= 4 is 46.5 Å². The maximum absolute atomic E-state index is 6.02. The quantitative estimate of drug-likeness (QED) is 0.304. The Bertz CT molecular complexity index is 894. The maximum atomic E-state index is 6.02. The van der Waals surface area contributed by atoms with Crippen molar-refractivity contribution in [1.82, 2.24) is 20.2 Å². The fourth-order valence-corrected chi connectivity index (χ4v) is 3.60. The smallest absolute Gasteiger partial charge is 0.229 e. The van der Waals surface area contributed by atoms with E-state index in [1.807, 2.05) is 44.2 Å². The van der Waals surface area contributed by atoms with Gasteiger partial charge in [0.05, 0.1) is 6.61 Å². The van der Waals surface area contributed by atoms with Crippen LogP contribution in [0.25, 0.3) is 0 Å². The summed E-state index contributed by atoms with van der Waals surface area (Å²) in [5, 5.41) is 7.50. The van der Waals surface area contributed by atoms with E-state index in [0.717, 1.165) is 48.3 Å². The minimum atomic E-state index is 0.393. The number of halogens is 1. The van der Waals surface area contributed by atoms with Gasteiger partial charge in [-0.15, -0.1) is 0 Å². The lowest BCUT2D eigenvalue weighted by atomic mass is 10.2. The van der Waals surface area contributed by atoms with Crippen molar-refractivity contribution in [2.75, 3.05) is 56.7 Å². The summed E-state index contributed by atoms with van der Waals surface area (Å²) < 4.78 is 5.07. The van der Waals surface area contributed by atoms with Crippen LogP contribution in [0.4, 0.5) is 11.6 Å². The van der Waals surface area contributed by atoms with E-state index in [4.69, 9.17) is 28.6 Å². The van der Waals surface area contributed by atoms with Gasteiger partial charge in [-0.25, -0.2) is 9.97 Å². The van der Waals surface area contributed by atoms with E-state index >= 15 is 0 Å². The number of aromatic nitrogens is 2. The van der Waals surface area contributed by atoms with E-state index in [0.29, 0.717) is 30.2 Å². The second-order valence-electron chi connectivity index (χ2n) is 7.21. The normalized spacial score (nSPS) is 14.5. The number of hydrogen-bond donors (Lipinski definition) is 2. The van der Waals surface area contributed by atoms with E-state index in [9.17, 15) is 0 Å². The van der Waals surface area contributed by atoms with Gasteiger partial charge in [-0.05, 0) is 56.4 Å². The highest BCUT2D eigenvalue weighted by atomic mass is 35.5. The molecule has 2 aromatic rings. The van der Waals surface area contributed by atoms with Crippen molar-refractivity contribution in [3.63, 3.8) is 0 Å². The fourth-order valence-electron chi connectivity index (χ4n) is 3.28. The van der Waals surface area contributed by atoms with Crippen LogP contribution in [0.3, 0.4) is 0 Å². The molecule has 1 saturated heterocycles. The molecule has 2 heterocycles.